The standard InChI is InChI=1S/C30H39N7O3/c1-29(2,3)40-28(39)35-11-10-30(18-35)13-23(14-30)37-27(32-4)24(26(31)38)25(34-37)22-15-33-36(17-22)16-19-6-5-7-21(12-19)20-8-9-20/h5-7,12,15,17,20,23,32H,8-11,13-14,16,18H2,1-4H3,(H2,31,38)/t23-,30-. The normalized spacial score (nSPS) is 22.4. The monoisotopic (exact) mass is 545 g/mol. The van der Waals surface area contributed by atoms with Gasteiger partial charge in [0.15, 0.2) is 0 Å². The maximum absolute atomic E-state index is 12.6. The molecular weight excluding hydrogens is 506 g/mol. The third-order valence-corrected chi connectivity index (χ3v) is 8.42. The Hall–Kier alpha value is -3.82. The van der Waals surface area contributed by atoms with Crippen LogP contribution in [0.5, 0.6) is 0 Å². The van der Waals surface area contributed by atoms with Crippen LogP contribution in [0.15, 0.2) is 36.7 Å². The van der Waals surface area contributed by atoms with Gasteiger partial charge in [-0.15, -0.1) is 0 Å². The van der Waals surface area contributed by atoms with Gasteiger partial charge in [0.2, 0.25) is 0 Å². The summed E-state index contributed by atoms with van der Waals surface area (Å²) in [5.41, 5.74) is 9.69. The molecule has 3 heterocycles. The summed E-state index contributed by atoms with van der Waals surface area (Å²) in [4.78, 5) is 27.1. The lowest BCUT2D eigenvalue weighted by atomic mass is 9.65. The first-order valence-electron chi connectivity index (χ1n) is 14.2. The van der Waals surface area contributed by atoms with Crippen molar-refractivity contribution in [2.24, 2.45) is 11.1 Å². The molecule has 3 aliphatic rings. The molecule has 40 heavy (non-hydrogen) atoms. The van der Waals surface area contributed by atoms with E-state index in [-0.39, 0.29) is 17.6 Å². The van der Waals surface area contributed by atoms with E-state index < -0.39 is 11.5 Å². The summed E-state index contributed by atoms with van der Waals surface area (Å²) in [6, 6.07) is 8.80. The second-order valence-corrected chi connectivity index (χ2v) is 12.8. The van der Waals surface area contributed by atoms with Crippen LogP contribution >= 0.6 is 0 Å². The highest BCUT2D eigenvalue weighted by atomic mass is 16.6. The molecule has 0 bridgehead atoms. The zero-order chi connectivity index (χ0) is 28.2. The van der Waals surface area contributed by atoms with E-state index in [2.05, 4.69) is 34.7 Å². The number of anilines is 1. The van der Waals surface area contributed by atoms with Gasteiger partial charge in [0, 0.05) is 31.9 Å². The molecule has 6 rings (SSSR count). The Balaban J connectivity index is 1.20. The number of nitrogens with zero attached hydrogens (tertiary/aromatic N) is 5. The quantitative estimate of drug-likeness (QED) is 0.441. The van der Waals surface area contributed by atoms with E-state index in [9.17, 15) is 9.59 Å². The predicted octanol–water partition coefficient (Wildman–Crippen LogP) is 4.78. The highest BCUT2D eigenvalue weighted by Crippen LogP contribution is 2.55. The first-order chi connectivity index (χ1) is 19.0. The molecule has 1 spiro atoms. The summed E-state index contributed by atoms with van der Waals surface area (Å²) < 4.78 is 9.38. The van der Waals surface area contributed by atoms with Crippen molar-refractivity contribution in [1.82, 2.24) is 24.5 Å². The first kappa shape index (κ1) is 26.4. The summed E-state index contributed by atoms with van der Waals surface area (Å²) in [5, 5.41) is 12.7. The molecule has 3 N–H and O–H groups in total. The fourth-order valence-corrected chi connectivity index (χ4v) is 6.36. The summed E-state index contributed by atoms with van der Waals surface area (Å²) in [6.07, 6.45) is 8.65. The number of ether oxygens (including phenoxy) is 1. The van der Waals surface area contributed by atoms with Crippen LogP contribution in [0.2, 0.25) is 0 Å². The van der Waals surface area contributed by atoms with Crippen molar-refractivity contribution in [3.8, 4) is 11.3 Å². The van der Waals surface area contributed by atoms with Gasteiger partial charge in [0.25, 0.3) is 5.91 Å². The second-order valence-electron chi connectivity index (χ2n) is 12.8. The molecule has 0 unspecified atom stereocenters. The van der Waals surface area contributed by atoms with Gasteiger partial charge in [-0.1, -0.05) is 24.3 Å². The first-order valence-corrected chi connectivity index (χ1v) is 14.2. The Morgan fingerprint density at radius 3 is 2.67 bits per heavy atom. The van der Waals surface area contributed by atoms with Crippen molar-refractivity contribution in [3.63, 3.8) is 0 Å². The van der Waals surface area contributed by atoms with Gasteiger partial charge in [-0.2, -0.15) is 10.2 Å². The molecule has 0 radical (unpaired) electrons. The number of amides is 2. The molecule has 10 nitrogen and oxygen atoms in total. The van der Waals surface area contributed by atoms with Gasteiger partial charge in [-0.25, -0.2) is 9.48 Å². The Morgan fingerprint density at radius 1 is 1.23 bits per heavy atom. The van der Waals surface area contributed by atoms with E-state index in [1.54, 1.807) is 13.2 Å². The number of primary amides is 1. The molecule has 2 aromatic heterocycles. The SMILES string of the molecule is CNc1c(C(N)=O)c(-c2cnn(Cc3cccc(C4CC4)c3)c2)nn1[C@H]1C[C@@]2(CCN(C(=O)OC(C)(C)C)C2)C1. The number of carbonyl (C=O) groups excluding carboxylic acids is 2. The van der Waals surface area contributed by atoms with E-state index in [4.69, 9.17) is 15.6 Å². The molecule has 212 valence electrons. The van der Waals surface area contributed by atoms with E-state index in [0.29, 0.717) is 42.6 Å². The Bertz CT molecular complexity index is 1440. The molecule has 2 amide bonds. The van der Waals surface area contributed by atoms with Crippen molar-refractivity contribution in [3.05, 3.63) is 53.3 Å². The third-order valence-electron chi connectivity index (χ3n) is 8.42. The minimum atomic E-state index is -0.526. The van der Waals surface area contributed by atoms with Crippen LogP contribution in [-0.4, -0.2) is 62.2 Å². The van der Waals surface area contributed by atoms with Gasteiger partial charge in [0.05, 0.1) is 18.8 Å². The largest absolute Gasteiger partial charge is 0.444 e. The fraction of sp³-hybridized carbons (Fsp3) is 0.533. The van der Waals surface area contributed by atoms with Crippen LogP contribution in [0, 0.1) is 5.41 Å². The van der Waals surface area contributed by atoms with Crippen LogP contribution in [0.1, 0.15) is 86.3 Å². The Labute approximate surface area is 234 Å². The van der Waals surface area contributed by atoms with Crippen LogP contribution in [0.25, 0.3) is 11.3 Å². The number of hydrogen-bond donors (Lipinski definition) is 2. The zero-order valence-electron chi connectivity index (χ0n) is 23.8. The van der Waals surface area contributed by atoms with Gasteiger partial charge in [0.1, 0.15) is 22.7 Å². The molecule has 2 saturated carbocycles. The van der Waals surface area contributed by atoms with Gasteiger partial charge in [-0.05, 0) is 75.3 Å². The summed E-state index contributed by atoms with van der Waals surface area (Å²) in [7, 11) is 1.79. The number of rotatable bonds is 7. The summed E-state index contributed by atoms with van der Waals surface area (Å²) in [6.45, 7) is 7.68. The number of likely N-dealkylation sites (tertiary alicyclic amines) is 1. The number of benzene rings is 1. The smallest absolute Gasteiger partial charge is 0.410 e. The fourth-order valence-electron chi connectivity index (χ4n) is 6.36. The molecule has 2 aliphatic carbocycles. The minimum absolute atomic E-state index is 0.0471. The number of hydrogen-bond acceptors (Lipinski definition) is 6. The lowest BCUT2D eigenvalue weighted by Crippen LogP contribution is -2.43. The summed E-state index contributed by atoms with van der Waals surface area (Å²) >= 11 is 0. The molecule has 1 saturated heterocycles. The zero-order valence-corrected chi connectivity index (χ0v) is 23.8. The molecule has 1 aromatic carbocycles. The molecular formula is C30H39N7O3. The third kappa shape index (κ3) is 5.07. The number of aromatic nitrogens is 4. The van der Waals surface area contributed by atoms with Crippen LogP contribution < -0.4 is 11.1 Å². The molecule has 3 aromatic rings. The van der Waals surface area contributed by atoms with Crippen LogP contribution in [0.4, 0.5) is 10.6 Å². The van der Waals surface area contributed by atoms with Crippen molar-refractivity contribution in [2.45, 2.75) is 77.0 Å². The van der Waals surface area contributed by atoms with E-state index >= 15 is 0 Å². The Kier molecular flexibility index (Phi) is 6.39. The van der Waals surface area contributed by atoms with Crippen molar-refractivity contribution in [2.75, 3.05) is 25.5 Å². The second kappa shape index (κ2) is 9.67. The maximum Gasteiger partial charge on any atom is 0.410 e. The van der Waals surface area contributed by atoms with Crippen LogP contribution in [-0.2, 0) is 11.3 Å². The topological polar surface area (TPSA) is 120 Å². The average Bonchev–Trinajstić information content (AvgIpc) is 3.28. The van der Waals surface area contributed by atoms with Crippen LogP contribution in [0.3, 0.4) is 0 Å². The highest BCUT2D eigenvalue weighted by molar-refractivity contribution is 6.03. The van der Waals surface area contributed by atoms with Crippen molar-refractivity contribution in [1.29, 1.82) is 0 Å². The predicted molar refractivity (Wildman–Crippen MR) is 152 cm³/mol. The number of nitrogens with two attached hydrogens (primary N) is 1. The molecule has 1 aliphatic heterocycles. The minimum Gasteiger partial charge on any atom is -0.444 e. The van der Waals surface area contributed by atoms with Gasteiger partial charge >= 0.3 is 6.09 Å². The Morgan fingerprint density at radius 2 is 2.00 bits per heavy atom. The van der Waals surface area contributed by atoms with E-state index in [1.165, 1.54) is 24.0 Å². The van der Waals surface area contributed by atoms with Gasteiger partial charge < -0.3 is 20.7 Å². The maximum atomic E-state index is 12.6. The average molecular weight is 546 g/mol. The number of carbonyl (C=O) groups is 2. The van der Waals surface area contributed by atoms with E-state index in [0.717, 1.165) is 24.8 Å². The van der Waals surface area contributed by atoms with E-state index in [1.807, 2.05) is 41.2 Å². The van der Waals surface area contributed by atoms with Crippen molar-refractivity contribution >= 4 is 17.8 Å². The lowest BCUT2D eigenvalue weighted by molar-refractivity contribution is 0.0187. The lowest BCUT2D eigenvalue weighted by Gasteiger charge is -2.45. The van der Waals surface area contributed by atoms with Crippen molar-refractivity contribution < 1.29 is 14.3 Å². The number of nitrogens with one attached hydrogen (secondary N) is 1. The molecule has 3 fully saturated rings. The highest BCUT2D eigenvalue weighted by Gasteiger charge is 2.51. The molecule has 0 atom stereocenters. The van der Waals surface area contributed by atoms with Gasteiger partial charge in [-0.3, -0.25) is 9.48 Å². The molecule has 10 heteroatoms. The summed E-state index contributed by atoms with van der Waals surface area (Å²) in [5.74, 6) is 0.793.